The fraction of sp³-hybridized carbons (Fsp3) is 0.462. The van der Waals surface area contributed by atoms with Crippen molar-refractivity contribution in [2.45, 2.75) is 25.3 Å². The normalized spacial score (nSPS) is 20.5. The second kappa shape index (κ2) is 5.29. The zero-order valence-electron chi connectivity index (χ0n) is 9.98. The highest BCUT2D eigenvalue weighted by molar-refractivity contribution is 5.80. The van der Waals surface area contributed by atoms with E-state index in [2.05, 4.69) is 28.5 Å². The molecule has 0 bridgehead atoms. The van der Waals surface area contributed by atoms with E-state index in [9.17, 15) is 4.79 Å². The van der Waals surface area contributed by atoms with E-state index in [1.165, 1.54) is 18.2 Å². The van der Waals surface area contributed by atoms with Crippen LogP contribution in [0.15, 0.2) is 24.3 Å². The molecule has 2 rings (SSSR count). The van der Waals surface area contributed by atoms with Gasteiger partial charge < -0.3 is 5.73 Å². The number of hydrogen-bond acceptors (Lipinski definition) is 3. The molecule has 0 spiro atoms. The Morgan fingerprint density at radius 1 is 1.47 bits per heavy atom. The highest BCUT2D eigenvalue weighted by Gasteiger charge is 2.28. The van der Waals surface area contributed by atoms with Gasteiger partial charge in [0.1, 0.15) is 0 Å². The molecule has 0 heterocycles. The molecule has 0 aromatic heterocycles. The first-order valence-corrected chi connectivity index (χ1v) is 5.87. The number of carbonyl (C=O) groups is 1. The van der Waals surface area contributed by atoms with Crippen molar-refractivity contribution in [1.82, 2.24) is 5.48 Å². The predicted molar refractivity (Wildman–Crippen MR) is 65.1 cm³/mol. The quantitative estimate of drug-likeness (QED) is 0.760. The van der Waals surface area contributed by atoms with Crippen molar-refractivity contribution in [2.75, 3.05) is 7.11 Å². The molecule has 0 aliphatic heterocycles. The summed E-state index contributed by atoms with van der Waals surface area (Å²) in [5, 5.41) is 0. The van der Waals surface area contributed by atoms with E-state index in [4.69, 9.17) is 5.73 Å². The minimum atomic E-state index is -0.497. The minimum Gasteiger partial charge on any atom is -0.320 e. The molecule has 0 saturated heterocycles. The number of nitrogens with two attached hydrogens (primary N) is 1. The van der Waals surface area contributed by atoms with Crippen LogP contribution in [0.1, 0.15) is 17.5 Å². The lowest BCUT2D eigenvalue weighted by Crippen LogP contribution is -2.46. The first-order valence-electron chi connectivity index (χ1n) is 5.87. The molecular weight excluding hydrogens is 216 g/mol. The van der Waals surface area contributed by atoms with E-state index < -0.39 is 6.04 Å². The number of amides is 1. The van der Waals surface area contributed by atoms with Gasteiger partial charge in [-0.3, -0.25) is 9.63 Å². The van der Waals surface area contributed by atoms with Gasteiger partial charge in [0.05, 0.1) is 13.2 Å². The summed E-state index contributed by atoms with van der Waals surface area (Å²) >= 11 is 0. The molecule has 17 heavy (non-hydrogen) atoms. The van der Waals surface area contributed by atoms with E-state index in [1.807, 2.05) is 6.07 Å². The number of aryl methyl sites for hydroxylation is 1. The molecular formula is C13H18N2O2. The Morgan fingerprint density at radius 2 is 2.18 bits per heavy atom. The Kier molecular flexibility index (Phi) is 3.76. The number of rotatable bonds is 3. The Morgan fingerprint density at radius 3 is 2.88 bits per heavy atom. The maximum absolute atomic E-state index is 11.6. The van der Waals surface area contributed by atoms with E-state index in [-0.39, 0.29) is 11.8 Å². The Balaban J connectivity index is 2.04. The Labute approximate surface area is 101 Å². The third-order valence-electron chi connectivity index (χ3n) is 3.40. The molecule has 4 heteroatoms. The third-order valence-corrected chi connectivity index (χ3v) is 3.40. The average molecular weight is 234 g/mol. The molecule has 3 N–H and O–H groups in total. The topological polar surface area (TPSA) is 64.3 Å². The van der Waals surface area contributed by atoms with Gasteiger partial charge in [-0.2, -0.15) is 0 Å². The lowest BCUT2D eigenvalue weighted by atomic mass is 9.80. The van der Waals surface area contributed by atoms with Crippen LogP contribution in [0, 0.1) is 5.92 Å². The van der Waals surface area contributed by atoms with Crippen LogP contribution in [-0.2, 0) is 22.5 Å². The summed E-state index contributed by atoms with van der Waals surface area (Å²) in [6, 6.07) is 7.84. The Bertz CT molecular complexity index is 406. The maximum atomic E-state index is 11.6. The van der Waals surface area contributed by atoms with Crippen molar-refractivity contribution in [3.63, 3.8) is 0 Å². The van der Waals surface area contributed by atoms with Gasteiger partial charge in [0.15, 0.2) is 0 Å². The van der Waals surface area contributed by atoms with E-state index in [0.29, 0.717) is 0 Å². The number of hydroxylamine groups is 1. The SMILES string of the molecule is CONC(=O)C(N)C1CCc2ccccc2C1. The van der Waals surface area contributed by atoms with Gasteiger partial charge in [-0.25, -0.2) is 5.48 Å². The highest BCUT2D eigenvalue weighted by atomic mass is 16.6. The third kappa shape index (κ3) is 2.65. The molecule has 2 atom stereocenters. The summed E-state index contributed by atoms with van der Waals surface area (Å²) in [5.41, 5.74) is 10.9. The minimum absolute atomic E-state index is 0.194. The molecule has 1 amide bonds. The van der Waals surface area contributed by atoms with Gasteiger partial charge in [-0.05, 0) is 36.3 Å². The van der Waals surface area contributed by atoms with Crippen molar-refractivity contribution in [2.24, 2.45) is 11.7 Å². The molecule has 0 saturated carbocycles. The van der Waals surface area contributed by atoms with Gasteiger partial charge in [0.25, 0.3) is 5.91 Å². The van der Waals surface area contributed by atoms with Crippen molar-refractivity contribution in [3.05, 3.63) is 35.4 Å². The molecule has 0 fully saturated rings. The summed E-state index contributed by atoms with van der Waals surface area (Å²) in [5.74, 6) is -0.0445. The van der Waals surface area contributed by atoms with Crippen LogP contribution >= 0.6 is 0 Å². The number of nitrogens with one attached hydrogen (secondary N) is 1. The van der Waals surface area contributed by atoms with Crippen molar-refractivity contribution < 1.29 is 9.63 Å². The van der Waals surface area contributed by atoms with Crippen LogP contribution in [0.25, 0.3) is 0 Å². The molecule has 0 radical (unpaired) electrons. The average Bonchev–Trinajstić information content (AvgIpc) is 2.37. The van der Waals surface area contributed by atoms with Gasteiger partial charge in [0, 0.05) is 0 Å². The van der Waals surface area contributed by atoms with Crippen LogP contribution in [0.2, 0.25) is 0 Å². The van der Waals surface area contributed by atoms with Gasteiger partial charge >= 0.3 is 0 Å². The molecule has 1 aliphatic rings. The van der Waals surface area contributed by atoms with Gasteiger partial charge in [0.2, 0.25) is 0 Å². The zero-order valence-corrected chi connectivity index (χ0v) is 9.98. The summed E-state index contributed by atoms with van der Waals surface area (Å²) in [7, 11) is 1.42. The van der Waals surface area contributed by atoms with Crippen LogP contribution in [0.3, 0.4) is 0 Å². The maximum Gasteiger partial charge on any atom is 0.260 e. The van der Waals surface area contributed by atoms with Crippen molar-refractivity contribution >= 4 is 5.91 Å². The zero-order chi connectivity index (χ0) is 12.3. The van der Waals surface area contributed by atoms with Gasteiger partial charge in [-0.15, -0.1) is 0 Å². The highest BCUT2D eigenvalue weighted by Crippen LogP contribution is 2.26. The van der Waals surface area contributed by atoms with Crippen molar-refractivity contribution in [1.29, 1.82) is 0 Å². The fourth-order valence-corrected chi connectivity index (χ4v) is 2.42. The summed E-state index contributed by atoms with van der Waals surface area (Å²) in [6.07, 6.45) is 2.82. The smallest absolute Gasteiger partial charge is 0.260 e. The molecule has 1 aromatic rings. The number of hydrogen-bond donors (Lipinski definition) is 2. The second-order valence-electron chi connectivity index (χ2n) is 4.47. The largest absolute Gasteiger partial charge is 0.320 e. The number of fused-ring (bicyclic) bond motifs is 1. The van der Waals surface area contributed by atoms with Gasteiger partial charge in [-0.1, -0.05) is 24.3 Å². The number of carbonyl (C=O) groups excluding carboxylic acids is 1. The lowest BCUT2D eigenvalue weighted by molar-refractivity contribution is -0.134. The molecule has 2 unspecified atom stereocenters. The van der Waals surface area contributed by atoms with Crippen molar-refractivity contribution in [3.8, 4) is 0 Å². The van der Waals surface area contributed by atoms with E-state index in [1.54, 1.807) is 0 Å². The number of benzene rings is 1. The molecule has 1 aliphatic carbocycles. The molecule has 4 nitrogen and oxygen atoms in total. The lowest BCUT2D eigenvalue weighted by Gasteiger charge is -2.28. The van der Waals surface area contributed by atoms with Crippen LogP contribution < -0.4 is 11.2 Å². The predicted octanol–water partition coefficient (Wildman–Crippen LogP) is 0.796. The summed E-state index contributed by atoms with van der Waals surface area (Å²) < 4.78 is 0. The van der Waals surface area contributed by atoms with Crippen LogP contribution in [0.4, 0.5) is 0 Å². The van der Waals surface area contributed by atoms with E-state index >= 15 is 0 Å². The fourth-order valence-electron chi connectivity index (χ4n) is 2.42. The van der Waals surface area contributed by atoms with E-state index in [0.717, 1.165) is 19.3 Å². The Hall–Kier alpha value is -1.39. The first-order chi connectivity index (χ1) is 8.22. The standard InChI is InChI=1S/C13H18N2O2/c1-17-15-13(16)12(14)11-7-6-9-4-2-3-5-10(9)8-11/h2-5,11-12H,6-8,14H2,1H3,(H,15,16). The monoisotopic (exact) mass is 234 g/mol. The van der Waals surface area contributed by atoms with Crippen LogP contribution in [-0.4, -0.2) is 19.1 Å². The summed E-state index contributed by atoms with van der Waals surface area (Å²) in [6.45, 7) is 0. The first kappa shape index (κ1) is 12.1. The second-order valence-corrected chi connectivity index (χ2v) is 4.47. The molecule has 92 valence electrons. The summed E-state index contributed by atoms with van der Waals surface area (Å²) in [4.78, 5) is 16.2. The molecule has 1 aromatic carbocycles. The van der Waals surface area contributed by atoms with Crippen LogP contribution in [0.5, 0.6) is 0 Å².